The van der Waals surface area contributed by atoms with Crippen LogP contribution in [0.4, 0.5) is 4.39 Å². The van der Waals surface area contributed by atoms with Crippen molar-refractivity contribution >= 4 is 28.3 Å². The van der Waals surface area contributed by atoms with Crippen LogP contribution in [0, 0.1) is 5.82 Å². The quantitative estimate of drug-likeness (QED) is 0.559. The Morgan fingerprint density at radius 2 is 1.89 bits per heavy atom. The molecule has 0 unspecified atom stereocenters. The van der Waals surface area contributed by atoms with E-state index in [2.05, 4.69) is 21.2 Å². The summed E-state index contributed by atoms with van der Waals surface area (Å²) in [5.74, 6) is 0.839. The highest BCUT2D eigenvalue weighted by Gasteiger charge is 2.17. The third-order valence-electron chi connectivity index (χ3n) is 3.87. The molecule has 7 heteroatoms. The standard InChI is InChI=1S/C20H25BrFNO3.ClH/c1-4-25-18-10-14(11-23-20(2,3)13-24)9-16(21)19(18)26-12-15-7-5-6-8-17(15)22;/h5-10,23-24H,4,11-13H2,1-3H3;1H. The number of ether oxygens (including phenoxy) is 2. The second-order valence-corrected chi connectivity index (χ2v) is 7.47. The maximum absolute atomic E-state index is 13.8. The lowest BCUT2D eigenvalue weighted by atomic mass is 10.1. The lowest BCUT2D eigenvalue weighted by Crippen LogP contribution is -2.42. The average Bonchev–Trinajstić information content (AvgIpc) is 2.61. The van der Waals surface area contributed by atoms with Gasteiger partial charge in [-0.15, -0.1) is 12.4 Å². The first kappa shape index (κ1) is 23.7. The SMILES string of the molecule is CCOc1cc(CNC(C)(C)CO)cc(Br)c1OCc1ccccc1F.Cl. The van der Waals surface area contributed by atoms with Crippen LogP contribution in [0.3, 0.4) is 0 Å². The van der Waals surface area contributed by atoms with Gasteiger partial charge in [-0.2, -0.15) is 0 Å². The van der Waals surface area contributed by atoms with Gasteiger partial charge in [0.15, 0.2) is 11.5 Å². The van der Waals surface area contributed by atoms with Crippen molar-refractivity contribution in [2.24, 2.45) is 0 Å². The minimum atomic E-state index is -0.377. The zero-order valence-electron chi connectivity index (χ0n) is 15.7. The first-order chi connectivity index (χ1) is 12.4. The molecule has 0 aliphatic heterocycles. The van der Waals surface area contributed by atoms with Crippen molar-refractivity contribution in [2.45, 2.75) is 39.5 Å². The Hall–Kier alpha value is -1.34. The van der Waals surface area contributed by atoms with E-state index < -0.39 is 0 Å². The van der Waals surface area contributed by atoms with Gasteiger partial charge in [0.05, 0.1) is 17.7 Å². The lowest BCUT2D eigenvalue weighted by molar-refractivity contribution is 0.187. The summed E-state index contributed by atoms with van der Waals surface area (Å²) in [7, 11) is 0. The van der Waals surface area contributed by atoms with Crippen molar-refractivity contribution in [3.63, 3.8) is 0 Å². The van der Waals surface area contributed by atoms with Gasteiger partial charge in [-0.1, -0.05) is 18.2 Å². The van der Waals surface area contributed by atoms with Crippen LogP contribution >= 0.6 is 28.3 Å². The number of aliphatic hydroxyl groups excluding tert-OH is 1. The third-order valence-corrected chi connectivity index (χ3v) is 4.45. The molecule has 0 atom stereocenters. The Balaban J connectivity index is 0.00000364. The topological polar surface area (TPSA) is 50.7 Å². The van der Waals surface area contributed by atoms with Crippen LogP contribution in [-0.4, -0.2) is 23.9 Å². The van der Waals surface area contributed by atoms with Gasteiger partial charge in [0.2, 0.25) is 0 Å². The van der Waals surface area contributed by atoms with Crippen LogP contribution in [0.15, 0.2) is 40.9 Å². The lowest BCUT2D eigenvalue weighted by Gasteiger charge is -2.24. The summed E-state index contributed by atoms with van der Waals surface area (Å²) in [4.78, 5) is 0. The van der Waals surface area contributed by atoms with Crippen LogP contribution in [0.1, 0.15) is 31.9 Å². The van der Waals surface area contributed by atoms with Gasteiger partial charge in [0, 0.05) is 17.6 Å². The molecule has 0 aliphatic carbocycles. The Morgan fingerprint density at radius 3 is 2.52 bits per heavy atom. The predicted octanol–water partition coefficient (Wildman–Crippen LogP) is 4.85. The molecule has 4 nitrogen and oxygen atoms in total. The zero-order valence-corrected chi connectivity index (χ0v) is 18.1. The molecule has 0 bridgehead atoms. The van der Waals surface area contributed by atoms with Gasteiger partial charge in [0.25, 0.3) is 0 Å². The summed E-state index contributed by atoms with van der Waals surface area (Å²) in [6, 6.07) is 10.4. The summed E-state index contributed by atoms with van der Waals surface area (Å²) in [5.41, 5.74) is 1.09. The number of hydrogen-bond acceptors (Lipinski definition) is 4. The molecule has 2 aromatic carbocycles. The number of halogens is 3. The average molecular weight is 463 g/mol. The van der Waals surface area contributed by atoms with Crippen molar-refractivity contribution in [3.05, 3.63) is 57.8 Å². The predicted molar refractivity (Wildman–Crippen MR) is 111 cm³/mol. The second-order valence-electron chi connectivity index (χ2n) is 6.61. The fourth-order valence-corrected chi connectivity index (χ4v) is 2.89. The second kappa shape index (κ2) is 10.9. The summed E-state index contributed by atoms with van der Waals surface area (Å²) in [5, 5.41) is 12.7. The highest BCUT2D eigenvalue weighted by molar-refractivity contribution is 9.10. The molecule has 0 aliphatic rings. The number of nitrogens with one attached hydrogen (secondary N) is 1. The van der Waals surface area contributed by atoms with E-state index in [9.17, 15) is 9.50 Å². The summed E-state index contributed by atoms with van der Waals surface area (Å²) >= 11 is 3.52. The molecule has 0 aromatic heterocycles. The van der Waals surface area contributed by atoms with Crippen LogP contribution in [0.2, 0.25) is 0 Å². The van der Waals surface area contributed by atoms with Crippen molar-refractivity contribution in [1.29, 1.82) is 0 Å². The van der Waals surface area contributed by atoms with E-state index in [-0.39, 0.29) is 37.0 Å². The van der Waals surface area contributed by atoms with Gasteiger partial charge in [-0.05, 0) is 60.5 Å². The van der Waals surface area contributed by atoms with Crippen LogP contribution in [-0.2, 0) is 13.2 Å². The zero-order chi connectivity index (χ0) is 19.2. The number of rotatable bonds is 9. The van der Waals surface area contributed by atoms with Gasteiger partial charge in [-0.3, -0.25) is 0 Å². The molecule has 150 valence electrons. The highest BCUT2D eigenvalue weighted by atomic mass is 79.9. The highest BCUT2D eigenvalue weighted by Crippen LogP contribution is 2.37. The maximum atomic E-state index is 13.8. The molecular weight excluding hydrogens is 437 g/mol. The fourth-order valence-electron chi connectivity index (χ4n) is 2.29. The van der Waals surface area contributed by atoms with Crippen LogP contribution in [0.5, 0.6) is 11.5 Å². The maximum Gasteiger partial charge on any atom is 0.175 e. The Morgan fingerprint density at radius 1 is 1.19 bits per heavy atom. The van der Waals surface area contributed by atoms with Crippen molar-refractivity contribution in [1.82, 2.24) is 5.32 Å². The molecule has 2 rings (SSSR count). The van der Waals surface area contributed by atoms with Crippen molar-refractivity contribution < 1.29 is 19.0 Å². The van der Waals surface area contributed by atoms with E-state index in [0.717, 1.165) is 10.0 Å². The minimum Gasteiger partial charge on any atom is -0.490 e. The van der Waals surface area contributed by atoms with Crippen molar-refractivity contribution in [3.8, 4) is 11.5 Å². The normalized spacial score (nSPS) is 11.0. The van der Waals surface area contributed by atoms with E-state index in [0.29, 0.717) is 30.2 Å². The first-order valence-electron chi connectivity index (χ1n) is 8.53. The molecule has 0 heterocycles. The summed E-state index contributed by atoms with van der Waals surface area (Å²) in [6.45, 7) is 6.96. The summed E-state index contributed by atoms with van der Waals surface area (Å²) in [6.07, 6.45) is 0. The van der Waals surface area contributed by atoms with Gasteiger partial charge in [-0.25, -0.2) is 4.39 Å². The largest absolute Gasteiger partial charge is 0.490 e. The summed E-state index contributed by atoms with van der Waals surface area (Å²) < 4.78 is 26.1. The minimum absolute atomic E-state index is 0. The van der Waals surface area contributed by atoms with E-state index in [4.69, 9.17) is 9.47 Å². The van der Waals surface area contributed by atoms with Gasteiger partial charge < -0.3 is 19.9 Å². The van der Waals surface area contributed by atoms with Crippen LogP contribution in [0.25, 0.3) is 0 Å². The molecule has 0 spiro atoms. The molecule has 27 heavy (non-hydrogen) atoms. The Labute approximate surface area is 174 Å². The number of benzene rings is 2. The Bertz CT molecular complexity index is 743. The molecule has 0 radical (unpaired) electrons. The van der Waals surface area contributed by atoms with E-state index in [1.54, 1.807) is 18.2 Å². The third kappa shape index (κ3) is 6.96. The molecule has 0 fully saturated rings. The van der Waals surface area contributed by atoms with E-state index >= 15 is 0 Å². The number of aliphatic hydroxyl groups is 1. The first-order valence-corrected chi connectivity index (χ1v) is 9.33. The van der Waals surface area contributed by atoms with Gasteiger partial charge >= 0.3 is 0 Å². The molecule has 2 N–H and O–H groups in total. The van der Waals surface area contributed by atoms with E-state index in [1.807, 2.05) is 32.9 Å². The van der Waals surface area contributed by atoms with Crippen LogP contribution < -0.4 is 14.8 Å². The Kier molecular flexibility index (Phi) is 9.53. The monoisotopic (exact) mass is 461 g/mol. The molecular formula is C20H26BrClFNO3. The molecule has 0 saturated heterocycles. The molecule has 2 aromatic rings. The smallest absolute Gasteiger partial charge is 0.175 e. The molecule has 0 amide bonds. The van der Waals surface area contributed by atoms with E-state index in [1.165, 1.54) is 6.07 Å². The number of hydrogen-bond donors (Lipinski definition) is 2. The van der Waals surface area contributed by atoms with Crippen molar-refractivity contribution in [2.75, 3.05) is 13.2 Å². The van der Waals surface area contributed by atoms with Gasteiger partial charge in [0.1, 0.15) is 12.4 Å². The fraction of sp³-hybridized carbons (Fsp3) is 0.400. The molecule has 0 saturated carbocycles.